The molecule has 0 aromatic heterocycles. The van der Waals surface area contributed by atoms with Crippen molar-refractivity contribution >= 4 is 5.97 Å². The van der Waals surface area contributed by atoms with Gasteiger partial charge in [-0.25, -0.2) is 4.79 Å². The second kappa shape index (κ2) is 6.34. The lowest BCUT2D eigenvalue weighted by Gasteiger charge is -2.17. The van der Waals surface area contributed by atoms with Crippen LogP contribution in [0.25, 0.3) is 0 Å². The summed E-state index contributed by atoms with van der Waals surface area (Å²) in [6.07, 6.45) is -1.86. The van der Waals surface area contributed by atoms with Gasteiger partial charge in [0.2, 0.25) is 0 Å². The molecular weight excluding hydrogens is 222 g/mol. The van der Waals surface area contributed by atoms with Crippen molar-refractivity contribution in [2.45, 2.75) is 12.2 Å². The van der Waals surface area contributed by atoms with Crippen molar-refractivity contribution in [1.82, 2.24) is 5.32 Å². The molecule has 0 aliphatic carbocycles. The third kappa shape index (κ3) is 3.52. The fourth-order valence-corrected chi connectivity index (χ4v) is 1.48. The van der Waals surface area contributed by atoms with Crippen LogP contribution in [0.3, 0.4) is 0 Å². The zero-order valence-electron chi connectivity index (χ0n) is 9.88. The summed E-state index contributed by atoms with van der Waals surface area (Å²) in [4.78, 5) is 11.2. The van der Waals surface area contributed by atoms with Crippen LogP contribution in [-0.2, 0) is 4.74 Å². The van der Waals surface area contributed by atoms with Gasteiger partial charge in [-0.15, -0.1) is 0 Å². The molecule has 0 fully saturated rings. The molecule has 1 rings (SSSR count). The first-order valence-corrected chi connectivity index (χ1v) is 5.29. The van der Waals surface area contributed by atoms with Gasteiger partial charge in [0.1, 0.15) is 6.10 Å². The number of carbonyl (C=O) groups excluding carboxylic acids is 1. The number of nitrogens with one attached hydrogen (secondary N) is 1. The van der Waals surface area contributed by atoms with Crippen LogP contribution in [0.5, 0.6) is 0 Å². The van der Waals surface area contributed by atoms with E-state index in [0.29, 0.717) is 17.7 Å². The lowest BCUT2D eigenvalue weighted by Crippen LogP contribution is -2.29. The maximum absolute atomic E-state index is 11.2. The van der Waals surface area contributed by atoms with E-state index in [1.54, 1.807) is 31.3 Å². The Balaban J connectivity index is 2.76. The van der Waals surface area contributed by atoms with E-state index in [9.17, 15) is 15.0 Å². The van der Waals surface area contributed by atoms with Crippen molar-refractivity contribution in [1.29, 1.82) is 0 Å². The predicted molar refractivity (Wildman–Crippen MR) is 62.7 cm³/mol. The molecule has 0 radical (unpaired) electrons. The summed E-state index contributed by atoms with van der Waals surface area (Å²) >= 11 is 0. The van der Waals surface area contributed by atoms with E-state index >= 15 is 0 Å². The van der Waals surface area contributed by atoms with Gasteiger partial charge in [-0.2, -0.15) is 0 Å². The monoisotopic (exact) mass is 239 g/mol. The summed E-state index contributed by atoms with van der Waals surface area (Å²) in [5.41, 5.74) is 0.965. The van der Waals surface area contributed by atoms with Crippen molar-refractivity contribution in [2.75, 3.05) is 20.7 Å². The molecule has 1 aromatic carbocycles. The maximum Gasteiger partial charge on any atom is 0.337 e. The normalized spacial score (nSPS) is 14.1. The summed E-state index contributed by atoms with van der Waals surface area (Å²) < 4.78 is 4.56. The number of likely N-dealkylation sites (N-methyl/N-ethyl adjacent to an activating group) is 1. The SMILES string of the molecule is CNCC(O)C(O)c1ccc(C(=O)OC)cc1. The van der Waals surface area contributed by atoms with Gasteiger partial charge >= 0.3 is 5.97 Å². The van der Waals surface area contributed by atoms with Crippen molar-refractivity contribution in [2.24, 2.45) is 0 Å². The molecule has 3 N–H and O–H groups in total. The number of ether oxygens (including phenoxy) is 1. The Hall–Kier alpha value is -1.43. The van der Waals surface area contributed by atoms with Gasteiger partial charge in [0.25, 0.3) is 0 Å². The van der Waals surface area contributed by atoms with E-state index in [1.165, 1.54) is 7.11 Å². The number of esters is 1. The van der Waals surface area contributed by atoms with Crippen molar-refractivity contribution in [3.63, 3.8) is 0 Å². The molecule has 94 valence electrons. The van der Waals surface area contributed by atoms with Gasteiger partial charge in [0, 0.05) is 6.54 Å². The summed E-state index contributed by atoms with van der Waals surface area (Å²) in [5.74, 6) is -0.429. The first-order chi connectivity index (χ1) is 8.10. The molecule has 0 amide bonds. The van der Waals surface area contributed by atoms with Crippen molar-refractivity contribution in [3.8, 4) is 0 Å². The highest BCUT2D eigenvalue weighted by Crippen LogP contribution is 2.17. The molecule has 0 spiro atoms. The van der Waals surface area contributed by atoms with Crippen LogP contribution < -0.4 is 5.32 Å². The van der Waals surface area contributed by atoms with Gasteiger partial charge in [0.05, 0.1) is 18.8 Å². The Morgan fingerprint density at radius 2 is 1.94 bits per heavy atom. The fraction of sp³-hybridized carbons (Fsp3) is 0.417. The van der Waals surface area contributed by atoms with Crippen LogP contribution in [0.15, 0.2) is 24.3 Å². The molecule has 5 nitrogen and oxygen atoms in total. The number of methoxy groups -OCH3 is 1. The summed E-state index contributed by atoms with van der Waals surface area (Å²) in [6.45, 7) is 0.292. The van der Waals surface area contributed by atoms with Crippen LogP contribution in [0, 0.1) is 0 Å². The Bertz CT molecular complexity index is 363. The highest BCUT2D eigenvalue weighted by atomic mass is 16.5. The Kier molecular flexibility index (Phi) is 5.09. The molecule has 17 heavy (non-hydrogen) atoms. The van der Waals surface area contributed by atoms with E-state index in [1.807, 2.05) is 0 Å². The molecule has 1 aromatic rings. The minimum Gasteiger partial charge on any atom is -0.465 e. The second-order valence-electron chi connectivity index (χ2n) is 3.68. The minimum atomic E-state index is -0.978. The highest BCUT2D eigenvalue weighted by molar-refractivity contribution is 5.89. The molecule has 0 bridgehead atoms. The van der Waals surface area contributed by atoms with Crippen molar-refractivity contribution in [3.05, 3.63) is 35.4 Å². The molecule has 0 saturated carbocycles. The van der Waals surface area contributed by atoms with E-state index < -0.39 is 18.2 Å². The molecule has 0 aliphatic heterocycles. The average Bonchev–Trinajstić information content (AvgIpc) is 2.37. The summed E-state index contributed by atoms with van der Waals surface area (Å²) in [6, 6.07) is 6.29. The Morgan fingerprint density at radius 1 is 1.35 bits per heavy atom. The first-order valence-electron chi connectivity index (χ1n) is 5.29. The third-order valence-electron chi connectivity index (χ3n) is 2.45. The number of carbonyl (C=O) groups is 1. The van der Waals surface area contributed by atoms with Gasteiger partial charge < -0.3 is 20.3 Å². The maximum atomic E-state index is 11.2. The van der Waals surface area contributed by atoms with E-state index in [4.69, 9.17) is 0 Å². The van der Waals surface area contributed by atoms with Crippen LogP contribution in [0.1, 0.15) is 22.0 Å². The van der Waals surface area contributed by atoms with Crippen molar-refractivity contribution < 1.29 is 19.7 Å². The zero-order chi connectivity index (χ0) is 12.8. The van der Waals surface area contributed by atoms with Gasteiger partial charge in [-0.05, 0) is 24.7 Å². The van der Waals surface area contributed by atoms with Crippen LogP contribution in [0.2, 0.25) is 0 Å². The topological polar surface area (TPSA) is 78.8 Å². The van der Waals surface area contributed by atoms with Crippen LogP contribution >= 0.6 is 0 Å². The zero-order valence-corrected chi connectivity index (χ0v) is 9.88. The molecule has 2 unspecified atom stereocenters. The standard InChI is InChI=1S/C12H17NO4/c1-13-7-10(14)11(15)8-3-5-9(6-4-8)12(16)17-2/h3-6,10-11,13-15H,7H2,1-2H3. The van der Waals surface area contributed by atoms with Crippen LogP contribution in [-0.4, -0.2) is 43.0 Å². The van der Waals surface area contributed by atoms with Gasteiger partial charge in [-0.3, -0.25) is 0 Å². The average molecular weight is 239 g/mol. The first kappa shape index (κ1) is 13.6. The third-order valence-corrected chi connectivity index (χ3v) is 2.45. The van der Waals surface area contributed by atoms with E-state index in [0.717, 1.165) is 0 Å². The fourth-order valence-electron chi connectivity index (χ4n) is 1.48. The van der Waals surface area contributed by atoms with Gasteiger partial charge in [0.15, 0.2) is 0 Å². The number of benzene rings is 1. The van der Waals surface area contributed by atoms with Crippen LogP contribution in [0.4, 0.5) is 0 Å². The predicted octanol–water partition coefficient (Wildman–Crippen LogP) is 0.0869. The van der Waals surface area contributed by atoms with E-state index in [2.05, 4.69) is 10.1 Å². The molecule has 0 heterocycles. The lowest BCUT2D eigenvalue weighted by atomic mass is 10.0. The number of aliphatic hydroxyl groups excluding tert-OH is 2. The largest absolute Gasteiger partial charge is 0.465 e. The lowest BCUT2D eigenvalue weighted by molar-refractivity contribution is 0.0202. The summed E-state index contributed by atoms with van der Waals surface area (Å²) in [5, 5.41) is 22.2. The molecule has 0 aliphatic rings. The number of hydrogen-bond acceptors (Lipinski definition) is 5. The quantitative estimate of drug-likeness (QED) is 0.634. The Labute approximate surface area is 100 Å². The highest BCUT2D eigenvalue weighted by Gasteiger charge is 2.17. The van der Waals surface area contributed by atoms with Gasteiger partial charge in [-0.1, -0.05) is 12.1 Å². The molecule has 2 atom stereocenters. The summed E-state index contributed by atoms with van der Waals surface area (Å²) in [7, 11) is 3.00. The molecular formula is C12H17NO4. The minimum absolute atomic E-state index is 0.292. The Morgan fingerprint density at radius 3 is 2.41 bits per heavy atom. The number of rotatable bonds is 5. The number of hydrogen-bond donors (Lipinski definition) is 3. The number of aliphatic hydroxyl groups is 2. The smallest absolute Gasteiger partial charge is 0.337 e. The van der Waals surface area contributed by atoms with E-state index in [-0.39, 0.29) is 0 Å². The molecule has 5 heteroatoms. The second-order valence-corrected chi connectivity index (χ2v) is 3.68. The molecule has 0 saturated heterocycles.